The van der Waals surface area contributed by atoms with Gasteiger partial charge in [0.1, 0.15) is 0 Å². The number of hydrogen-bond acceptors (Lipinski definition) is 4. The van der Waals surface area contributed by atoms with Gasteiger partial charge in [0.05, 0.1) is 13.2 Å². The van der Waals surface area contributed by atoms with Crippen LogP contribution in [0.1, 0.15) is 13.3 Å². The van der Waals surface area contributed by atoms with Crippen LogP contribution in [0.3, 0.4) is 0 Å². The molecule has 1 aromatic carbocycles. The number of nitrogens with zero attached hydrogens (tertiary/aromatic N) is 3. The second-order valence-electron chi connectivity index (χ2n) is 6.76. The summed E-state index contributed by atoms with van der Waals surface area (Å²) in [6, 6.07) is 10.7. The summed E-state index contributed by atoms with van der Waals surface area (Å²) in [6.45, 7) is 8.76. The standard InChI is InChI=1S/C20H34N4OS.HI/c1-4-21-20(22-11-13-23(2)14-15-25-3)24-12-10-18(16-24)17-26-19-8-6-5-7-9-19;/h5-9,18H,4,10-17H2,1-3H3,(H,21,22);1H. The Bertz CT molecular complexity index is 532. The van der Waals surface area contributed by atoms with Gasteiger partial charge in [-0.15, -0.1) is 35.7 Å². The second-order valence-corrected chi connectivity index (χ2v) is 7.85. The summed E-state index contributed by atoms with van der Waals surface area (Å²) in [5.74, 6) is 2.98. The third-order valence-electron chi connectivity index (χ3n) is 4.57. The molecule has 1 fully saturated rings. The lowest BCUT2D eigenvalue weighted by atomic mass is 10.2. The maximum Gasteiger partial charge on any atom is 0.193 e. The van der Waals surface area contributed by atoms with Crippen molar-refractivity contribution in [1.29, 1.82) is 0 Å². The Morgan fingerprint density at radius 2 is 2.11 bits per heavy atom. The Balaban J connectivity index is 0.00000364. The van der Waals surface area contributed by atoms with Crippen molar-refractivity contribution < 1.29 is 4.74 Å². The Morgan fingerprint density at radius 1 is 1.33 bits per heavy atom. The number of hydrogen-bond donors (Lipinski definition) is 1. The van der Waals surface area contributed by atoms with Crippen LogP contribution in [0.5, 0.6) is 0 Å². The van der Waals surface area contributed by atoms with Gasteiger partial charge in [0.2, 0.25) is 0 Å². The highest BCUT2D eigenvalue weighted by molar-refractivity contribution is 14.0. The molecule has 1 unspecified atom stereocenters. The Labute approximate surface area is 186 Å². The predicted molar refractivity (Wildman–Crippen MR) is 128 cm³/mol. The van der Waals surface area contributed by atoms with Crippen LogP contribution in [0.2, 0.25) is 0 Å². The van der Waals surface area contributed by atoms with Crippen molar-refractivity contribution in [3.05, 3.63) is 30.3 Å². The minimum atomic E-state index is 0. The molecule has 27 heavy (non-hydrogen) atoms. The molecule has 1 aliphatic heterocycles. The zero-order chi connectivity index (χ0) is 18.6. The normalized spacial score (nSPS) is 17.3. The van der Waals surface area contributed by atoms with E-state index in [9.17, 15) is 0 Å². The SMILES string of the molecule is CCNC(=NCCN(C)CCOC)N1CCC(CSc2ccccc2)C1.I. The molecule has 0 aliphatic carbocycles. The topological polar surface area (TPSA) is 40.1 Å². The Hall–Kier alpha value is -0.510. The maximum atomic E-state index is 5.13. The first-order valence-electron chi connectivity index (χ1n) is 9.61. The number of aliphatic imine (C=N–C) groups is 1. The van der Waals surface area contributed by atoms with Gasteiger partial charge in [-0.2, -0.15) is 0 Å². The number of guanidine groups is 1. The van der Waals surface area contributed by atoms with Crippen LogP contribution in [0, 0.1) is 5.92 Å². The minimum absolute atomic E-state index is 0. The van der Waals surface area contributed by atoms with Gasteiger partial charge in [0, 0.05) is 50.5 Å². The highest BCUT2D eigenvalue weighted by Crippen LogP contribution is 2.25. The van der Waals surface area contributed by atoms with Crippen molar-refractivity contribution in [1.82, 2.24) is 15.1 Å². The average molecular weight is 506 g/mol. The molecule has 7 heteroatoms. The van der Waals surface area contributed by atoms with Crippen molar-refractivity contribution in [2.24, 2.45) is 10.9 Å². The quantitative estimate of drug-likeness (QED) is 0.228. The third-order valence-corrected chi connectivity index (χ3v) is 5.81. The van der Waals surface area contributed by atoms with E-state index >= 15 is 0 Å². The van der Waals surface area contributed by atoms with Crippen LogP contribution in [0.4, 0.5) is 0 Å². The van der Waals surface area contributed by atoms with Gasteiger partial charge < -0.3 is 19.9 Å². The van der Waals surface area contributed by atoms with Gasteiger partial charge in [0.15, 0.2) is 5.96 Å². The van der Waals surface area contributed by atoms with Gasteiger partial charge in [-0.1, -0.05) is 18.2 Å². The molecular formula is C20H35IN4OS. The predicted octanol–water partition coefficient (Wildman–Crippen LogP) is 3.26. The van der Waals surface area contributed by atoms with Gasteiger partial charge >= 0.3 is 0 Å². The van der Waals surface area contributed by atoms with Crippen LogP contribution in [-0.4, -0.2) is 81.5 Å². The van der Waals surface area contributed by atoms with E-state index < -0.39 is 0 Å². The van der Waals surface area contributed by atoms with Crippen LogP contribution in [-0.2, 0) is 4.74 Å². The zero-order valence-corrected chi connectivity index (χ0v) is 20.0. The Morgan fingerprint density at radius 3 is 2.81 bits per heavy atom. The van der Waals surface area contributed by atoms with E-state index in [1.54, 1.807) is 7.11 Å². The fourth-order valence-electron chi connectivity index (χ4n) is 3.00. The van der Waals surface area contributed by atoms with Crippen LogP contribution in [0.15, 0.2) is 40.2 Å². The van der Waals surface area contributed by atoms with E-state index in [2.05, 4.69) is 59.4 Å². The van der Waals surface area contributed by atoms with Gasteiger partial charge in [-0.25, -0.2) is 0 Å². The molecule has 1 heterocycles. The molecule has 1 saturated heterocycles. The number of likely N-dealkylation sites (tertiary alicyclic amines) is 1. The molecule has 0 spiro atoms. The third kappa shape index (κ3) is 9.49. The van der Waals surface area contributed by atoms with E-state index in [0.29, 0.717) is 0 Å². The molecule has 0 amide bonds. The first-order valence-corrected chi connectivity index (χ1v) is 10.6. The molecule has 1 atom stereocenters. The smallest absolute Gasteiger partial charge is 0.193 e. The number of nitrogens with one attached hydrogen (secondary N) is 1. The first kappa shape index (κ1) is 24.5. The number of halogens is 1. The first-order chi connectivity index (χ1) is 12.7. The molecule has 0 saturated carbocycles. The lowest BCUT2D eigenvalue weighted by Gasteiger charge is -2.22. The van der Waals surface area contributed by atoms with E-state index in [-0.39, 0.29) is 24.0 Å². The number of ether oxygens (including phenoxy) is 1. The zero-order valence-electron chi connectivity index (χ0n) is 16.9. The van der Waals surface area contributed by atoms with Gasteiger partial charge in [0.25, 0.3) is 0 Å². The van der Waals surface area contributed by atoms with Crippen LogP contribution < -0.4 is 5.32 Å². The molecule has 1 N–H and O–H groups in total. The molecule has 2 rings (SSSR count). The summed E-state index contributed by atoms with van der Waals surface area (Å²) >= 11 is 1.97. The number of rotatable bonds is 10. The molecule has 5 nitrogen and oxygen atoms in total. The molecule has 0 radical (unpaired) electrons. The summed E-state index contributed by atoms with van der Waals surface area (Å²) in [5.41, 5.74) is 0. The maximum absolute atomic E-state index is 5.13. The highest BCUT2D eigenvalue weighted by atomic mass is 127. The van der Waals surface area contributed by atoms with Crippen molar-refractivity contribution in [3.63, 3.8) is 0 Å². The largest absolute Gasteiger partial charge is 0.383 e. The van der Waals surface area contributed by atoms with Crippen molar-refractivity contribution >= 4 is 41.7 Å². The lowest BCUT2D eigenvalue weighted by Crippen LogP contribution is -2.40. The summed E-state index contributed by atoms with van der Waals surface area (Å²) < 4.78 is 5.13. The number of thioether (sulfide) groups is 1. The van der Waals surface area contributed by atoms with Gasteiger partial charge in [-0.3, -0.25) is 4.99 Å². The Kier molecular flexibility index (Phi) is 13.2. The van der Waals surface area contributed by atoms with E-state index in [1.807, 2.05) is 11.8 Å². The summed E-state index contributed by atoms with van der Waals surface area (Å²) in [6.07, 6.45) is 1.25. The summed E-state index contributed by atoms with van der Waals surface area (Å²) in [4.78, 5) is 10.9. The van der Waals surface area contributed by atoms with Gasteiger partial charge in [-0.05, 0) is 38.4 Å². The van der Waals surface area contributed by atoms with Crippen molar-refractivity contribution in [2.75, 3.05) is 65.8 Å². The summed E-state index contributed by atoms with van der Waals surface area (Å²) in [5, 5.41) is 3.46. The number of methoxy groups -OCH3 is 1. The van der Waals surface area contributed by atoms with Crippen LogP contribution in [0.25, 0.3) is 0 Å². The molecule has 154 valence electrons. The second kappa shape index (κ2) is 14.5. The van der Waals surface area contributed by atoms with E-state index in [1.165, 1.54) is 17.1 Å². The van der Waals surface area contributed by atoms with Crippen molar-refractivity contribution in [3.8, 4) is 0 Å². The number of likely N-dealkylation sites (N-methyl/N-ethyl adjacent to an activating group) is 1. The van der Waals surface area contributed by atoms with E-state index in [4.69, 9.17) is 9.73 Å². The fraction of sp³-hybridized carbons (Fsp3) is 0.650. The molecular weight excluding hydrogens is 471 g/mol. The molecule has 1 aromatic rings. The summed E-state index contributed by atoms with van der Waals surface area (Å²) in [7, 11) is 3.86. The highest BCUT2D eigenvalue weighted by Gasteiger charge is 2.24. The van der Waals surface area contributed by atoms with Crippen LogP contribution >= 0.6 is 35.7 Å². The minimum Gasteiger partial charge on any atom is -0.383 e. The average Bonchev–Trinajstić information content (AvgIpc) is 3.14. The fourth-order valence-corrected chi connectivity index (χ4v) is 4.05. The lowest BCUT2D eigenvalue weighted by molar-refractivity contribution is 0.163. The van der Waals surface area contributed by atoms with Crippen molar-refractivity contribution in [2.45, 2.75) is 18.2 Å². The molecule has 0 bridgehead atoms. The molecule has 0 aromatic heterocycles. The van der Waals surface area contributed by atoms with E-state index in [0.717, 1.165) is 57.8 Å². The molecule has 1 aliphatic rings. The monoisotopic (exact) mass is 506 g/mol. The number of benzene rings is 1.